The molecule has 0 spiro atoms. The van der Waals surface area contributed by atoms with Crippen LogP contribution in [0.4, 0.5) is 0 Å². The van der Waals surface area contributed by atoms with E-state index in [4.69, 9.17) is 1.37 Å². The standard InChI is InChI=1S/C27H22NS.C14H16NSi.Ir/c1-17(2)19-12-13-28-25(15-19)24-9-5-8-23-22-11-10-21(16-26(22)29-27(23)24)20-7-4-6-18(3)14-20;1-16(2,3)13-9-10-14(15-11-13)12-7-5-4-6-8-12;/h4-8,10-17H,1-3H3;4-7,9-11H,1-3H3;/q2*-1;/i17D;;. The number of hydrogen-bond acceptors (Lipinski definition) is 3. The van der Waals surface area contributed by atoms with Gasteiger partial charge in [0, 0.05) is 38.6 Å². The summed E-state index contributed by atoms with van der Waals surface area (Å²) in [6.45, 7) is 12.9. The van der Waals surface area contributed by atoms with Crippen molar-refractivity contribution in [3.8, 4) is 33.6 Å². The molecule has 4 aromatic carbocycles. The molecule has 0 aliphatic heterocycles. The Balaban J connectivity index is 0.000000217. The van der Waals surface area contributed by atoms with Crippen LogP contribution >= 0.6 is 11.3 Å². The quantitative estimate of drug-likeness (QED) is 0.128. The van der Waals surface area contributed by atoms with Crippen LogP contribution in [0.3, 0.4) is 0 Å². The predicted molar refractivity (Wildman–Crippen MR) is 197 cm³/mol. The van der Waals surface area contributed by atoms with Gasteiger partial charge < -0.3 is 9.97 Å². The molecule has 7 rings (SSSR count). The van der Waals surface area contributed by atoms with Gasteiger partial charge in [-0.15, -0.1) is 59.7 Å². The molecule has 0 bridgehead atoms. The van der Waals surface area contributed by atoms with E-state index in [9.17, 15) is 0 Å². The number of aromatic nitrogens is 2. The fraction of sp³-hybridized carbons (Fsp3) is 0.171. The largest absolute Gasteiger partial charge is 0.305 e. The van der Waals surface area contributed by atoms with Crippen molar-refractivity contribution < 1.29 is 21.5 Å². The van der Waals surface area contributed by atoms with Crippen LogP contribution in [0.15, 0.2) is 116 Å². The molecule has 2 nitrogen and oxygen atoms in total. The van der Waals surface area contributed by atoms with Gasteiger partial charge in [-0.25, -0.2) is 0 Å². The smallest absolute Gasteiger partial charge is 0.0795 e. The summed E-state index contributed by atoms with van der Waals surface area (Å²) in [5.41, 5.74) is 8.66. The third-order valence-corrected chi connectivity index (χ3v) is 11.2. The molecule has 0 atom stereocenters. The van der Waals surface area contributed by atoms with Gasteiger partial charge in [-0.3, -0.25) is 0 Å². The molecular weight excluding hydrogens is 773 g/mol. The SMILES string of the molecule is C[Si](C)(C)c1ccc(-c2[c-]cccc2)nc1.[2H]C(C)(C)c1ccnc(-c2[c-]ccc3c2sc2cc(-c4cccc(C)c4)ccc23)c1.[Ir]. The number of nitrogens with zero attached hydrogens (tertiary/aromatic N) is 2. The summed E-state index contributed by atoms with van der Waals surface area (Å²) < 4.78 is 10.8. The van der Waals surface area contributed by atoms with Gasteiger partial charge in [0.2, 0.25) is 0 Å². The van der Waals surface area contributed by atoms with Crippen LogP contribution < -0.4 is 5.19 Å². The molecule has 0 saturated carbocycles. The van der Waals surface area contributed by atoms with Crippen molar-refractivity contribution >= 4 is 44.8 Å². The molecule has 233 valence electrons. The number of hydrogen-bond donors (Lipinski definition) is 0. The average Bonchev–Trinajstić information content (AvgIpc) is 3.43. The molecule has 0 saturated heterocycles. The van der Waals surface area contributed by atoms with Gasteiger partial charge >= 0.3 is 0 Å². The van der Waals surface area contributed by atoms with Crippen LogP contribution in [-0.4, -0.2) is 18.0 Å². The number of aryl methyl sites for hydroxylation is 1. The van der Waals surface area contributed by atoms with E-state index >= 15 is 0 Å². The Kier molecular flexibility index (Phi) is 10.1. The molecule has 0 N–H and O–H groups in total. The van der Waals surface area contributed by atoms with Crippen molar-refractivity contribution in [1.82, 2.24) is 9.97 Å². The molecule has 3 aromatic heterocycles. The molecule has 0 fully saturated rings. The Hall–Kier alpha value is -3.73. The molecule has 0 unspecified atom stereocenters. The molecule has 1 radical (unpaired) electrons. The maximum atomic E-state index is 8.37. The summed E-state index contributed by atoms with van der Waals surface area (Å²) in [7, 11) is -1.23. The summed E-state index contributed by atoms with van der Waals surface area (Å²) in [4.78, 5) is 9.13. The minimum absolute atomic E-state index is 0. The van der Waals surface area contributed by atoms with Crippen LogP contribution in [0.1, 0.15) is 32.2 Å². The minimum atomic E-state index is -1.23. The van der Waals surface area contributed by atoms with E-state index in [0.29, 0.717) is 0 Å². The maximum Gasteiger partial charge on any atom is 0.0795 e. The van der Waals surface area contributed by atoms with E-state index in [1.54, 1.807) is 17.5 Å². The Bertz CT molecular complexity index is 2130. The van der Waals surface area contributed by atoms with Crippen LogP contribution in [-0.2, 0) is 20.1 Å². The van der Waals surface area contributed by atoms with E-state index in [1.807, 2.05) is 62.5 Å². The summed E-state index contributed by atoms with van der Waals surface area (Å²) >= 11 is 1.79. The first kappa shape index (κ1) is 32.2. The van der Waals surface area contributed by atoms with Gasteiger partial charge in [-0.05, 0) is 62.7 Å². The van der Waals surface area contributed by atoms with E-state index in [1.165, 1.54) is 42.0 Å². The van der Waals surface area contributed by atoms with Gasteiger partial charge in [-0.1, -0.05) is 105 Å². The third-order valence-electron chi connectivity index (χ3n) is 7.99. The van der Waals surface area contributed by atoms with E-state index in [-0.39, 0.29) is 20.1 Å². The monoisotopic (exact) mass is 812 g/mol. The first-order valence-electron chi connectivity index (χ1n) is 15.8. The summed E-state index contributed by atoms with van der Waals surface area (Å²) in [5.74, 6) is -0.658. The van der Waals surface area contributed by atoms with Gasteiger partial charge in [0.25, 0.3) is 0 Å². The second-order valence-corrected chi connectivity index (χ2v) is 18.8. The molecule has 0 aliphatic rings. The van der Waals surface area contributed by atoms with Gasteiger partial charge in [0.05, 0.1) is 8.07 Å². The Morgan fingerprint density at radius 3 is 2.28 bits per heavy atom. The zero-order chi connectivity index (χ0) is 32.5. The number of benzene rings is 4. The fourth-order valence-electron chi connectivity index (χ4n) is 5.36. The van der Waals surface area contributed by atoms with Crippen molar-refractivity contribution in [3.63, 3.8) is 0 Å². The Morgan fingerprint density at radius 1 is 0.761 bits per heavy atom. The fourth-order valence-corrected chi connectivity index (χ4v) is 7.65. The van der Waals surface area contributed by atoms with Crippen molar-refractivity contribution in [3.05, 3.63) is 139 Å². The van der Waals surface area contributed by atoms with Crippen molar-refractivity contribution in [2.45, 2.75) is 46.3 Å². The molecule has 5 heteroatoms. The number of fused-ring (bicyclic) bond motifs is 3. The first-order valence-corrected chi connectivity index (χ1v) is 19.6. The second kappa shape index (κ2) is 14.4. The van der Waals surface area contributed by atoms with Crippen LogP contribution in [0.25, 0.3) is 53.8 Å². The summed E-state index contributed by atoms with van der Waals surface area (Å²) in [5, 5.41) is 3.89. The van der Waals surface area contributed by atoms with E-state index in [2.05, 4.69) is 109 Å². The van der Waals surface area contributed by atoms with Crippen LogP contribution in [0, 0.1) is 19.1 Å². The van der Waals surface area contributed by atoms with E-state index < -0.39 is 14.0 Å². The van der Waals surface area contributed by atoms with Gasteiger partial charge in [0.1, 0.15) is 0 Å². The predicted octanol–water partition coefficient (Wildman–Crippen LogP) is 11.1. The zero-order valence-electron chi connectivity index (χ0n) is 28.1. The zero-order valence-corrected chi connectivity index (χ0v) is 31.3. The molecule has 0 amide bonds. The topological polar surface area (TPSA) is 25.8 Å². The van der Waals surface area contributed by atoms with Crippen molar-refractivity contribution in [2.24, 2.45) is 0 Å². The third kappa shape index (κ3) is 7.45. The maximum absolute atomic E-state index is 8.37. The van der Waals surface area contributed by atoms with Crippen molar-refractivity contribution in [1.29, 1.82) is 0 Å². The molecule has 46 heavy (non-hydrogen) atoms. The Morgan fingerprint density at radius 2 is 1.59 bits per heavy atom. The van der Waals surface area contributed by atoms with Gasteiger partial charge in [-0.2, -0.15) is 11.3 Å². The van der Waals surface area contributed by atoms with Gasteiger partial charge in [0.15, 0.2) is 0 Å². The van der Waals surface area contributed by atoms with Crippen LogP contribution in [0.2, 0.25) is 19.6 Å². The Labute approximate surface area is 293 Å². The second-order valence-electron chi connectivity index (χ2n) is 12.7. The first-order chi connectivity index (χ1) is 22.0. The van der Waals surface area contributed by atoms with Crippen LogP contribution in [0.5, 0.6) is 0 Å². The summed E-state index contributed by atoms with van der Waals surface area (Å²) in [6.07, 6.45) is 3.82. The molecule has 7 aromatic rings. The average molecular weight is 812 g/mol. The number of thiophene rings is 1. The normalized spacial score (nSPS) is 11.8. The number of pyridine rings is 2. The number of rotatable bonds is 5. The molecular formula is C41H38IrN2SSi-2. The molecule has 3 heterocycles. The van der Waals surface area contributed by atoms with Crippen molar-refractivity contribution in [2.75, 3.05) is 0 Å². The summed E-state index contributed by atoms with van der Waals surface area (Å²) in [6, 6.07) is 42.3. The molecule has 0 aliphatic carbocycles. The minimum Gasteiger partial charge on any atom is -0.305 e. The van der Waals surface area contributed by atoms with E-state index in [0.717, 1.165) is 28.1 Å².